The Kier molecular flexibility index (Phi) is 7.85. The second-order valence-corrected chi connectivity index (χ2v) is 7.52. The van der Waals surface area contributed by atoms with Gasteiger partial charge in [-0.05, 0) is 29.2 Å². The van der Waals surface area contributed by atoms with E-state index in [0.717, 1.165) is 5.57 Å². The highest BCUT2D eigenvalue weighted by Crippen LogP contribution is 2.42. The lowest BCUT2D eigenvalue weighted by atomic mass is 9.69. The summed E-state index contributed by atoms with van der Waals surface area (Å²) in [5.74, 6) is -1.16. The molecule has 0 unspecified atom stereocenters. The van der Waals surface area contributed by atoms with E-state index in [2.05, 4.69) is 0 Å². The van der Waals surface area contributed by atoms with Crippen LogP contribution in [0.25, 0.3) is 0 Å². The van der Waals surface area contributed by atoms with Gasteiger partial charge in [-0.25, -0.2) is 9.59 Å². The Balaban J connectivity index is 6.01. The van der Waals surface area contributed by atoms with E-state index in [4.69, 9.17) is 9.47 Å². The third-order valence-electron chi connectivity index (χ3n) is 3.03. The van der Waals surface area contributed by atoms with E-state index >= 15 is 0 Å². The number of esters is 2. The van der Waals surface area contributed by atoms with Crippen molar-refractivity contribution in [3.05, 3.63) is 11.1 Å². The molecule has 0 heterocycles. The van der Waals surface area contributed by atoms with Gasteiger partial charge in [0.15, 0.2) is 0 Å². The Morgan fingerprint density at radius 2 is 1.05 bits per heavy atom. The van der Waals surface area contributed by atoms with Crippen LogP contribution in [0.3, 0.4) is 0 Å². The third-order valence-corrected chi connectivity index (χ3v) is 3.03. The van der Waals surface area contributed by atoms with Crippen molar-refractivity contribution in [1.29, 1.82) is 0 Å². The summed E-state index contributed by atoms with van der Waals surface area (Å²) >= 11 is 0. The highest BCUT2D eigenvalue weighted by atomic mass is 16.6. The number of rotatable bonds is 6. The van der Waals surface area contributed by atoms with Gasteiger partial charge in [-0.1, -0.05) is 55.4 Å². The summed E-state index contributed by atoms with van der Waals surface area (Å²) in [5.41, 5.74) is 0.137. The van der Waals surface area contributed by atoms with Crippen molar-refractivity contribution in [3.63, 3.8) is 0 Å². The number of hydrogen-bond donors (Lipinski definition) is 0. The average Bonchev–Trinajstić information content (AvgIpc) is 2.36. The summed E-state index contributed by atoms with van der Waals surface area (Å²) in [5, 5.41) is 0. The molecule has 0 bridgehead atoms. The van der Waals surface area contributed by atoms with Gasteiger partial charge in [-0.15, -0.1) is 0 Å². The Morgan fingerprint density at radius 3 is 1.27 bits per heavy atom. The molecule has 0 saturated heterocycles. The Morgan fingerprint density at radius 1 is 0.727 bits per heavy atom. The summed E-state index contributed by atoms with van der Waals surface area (Å²) < 4.78 is 10.5. The SMILES string of the molecule is CCCOC(=O)C(C(=O)OCCC)=C(C(C)(C)C)C(C)(C)C. The zero-order valence-electron chi connectivity index (χ0n) is 15.5. The highest BCUT2D eigenvalue weighted by Gasteiger charge is 2.37. The monoisotopic (exact) mass is 312 g/mol. The molecule has 22 heavy (non-hydrogen) atoms. The lowest BCUT2D eigenvalue weighted by Crippen LogP contribution is -2.31. The molecule has 0 aliphatic rings. The van der Waals surface area contributed by atoms with Crippen LogP contribution in [-0.2, 0) is 19.1 Å². The average molecular weight is 312 g/mol. The Hall–Kier alpha value is -1.32. The molecule has 0 fully saturated rings. The van der Waals surface area contributed by atoms with Crippen molar-refractivity contribution in [2.24, 2.45) is 10.8 Å². The van der Waals surface area contributed by atoms with Crippen molar-refractivity contribution in [2.75, 3.05) is 13.2 Å². The summed E-state index contributed by atoms with van der Waals surface area (Å²) in [4.78, 5) is 24.9. The molecule has 0 amide bonds. The summed E-state index contributed by atoms with van der Waals surface area (Å²) in [6, 6.07) is 0. The van der Waals surface area contributed by atoms with Gasteiger partial charge in [-0.2, -0.15) is 0 Å². The number of hydrogen-bond acceptors (Lipinski definition) is 4. The maximum absolute atomic E-state index is 12.5. The molecule has 128 valence electrons. The number of allylic oxidation sites excluding steroid dienone is 1. The smallest absolute Gasteiger partial charge is 0.345 e. The molecule has 0 radical (unpaired) electrons. The van der Waals surface area contributed by atoms with E-state index < -0.39 is 11.9 Å². The maximum atomic E-state index is 12.5. The molecule has 4 nitrogen and oxygen atoms in total. The molecule has 0 aromatic rings. The van der Waals surface area contributed by atoms with Crippen LogP contribution >= 0.6 is 0 Å². The van der Waals surface area contributed by atoms with Crippen LogP contribution in [0.15, 0.2) is 11.1 Å². The number of ether oxygens (including phenoxy) is 2. The van der Waals surface area contributed by atoms with Crippen molar-refractivity contribution < 1.29 is 19.1 Å². The van der Waals surface area contributed by atoms with Crippen LogP contribution in [-0.4, -0.2) is 25.2 Å². The van der Waals surface area contributed by atoms with Crippen molar-refractivity contribution in [2.45, 2.75) is 68.2 Å². The van der Waals surface area contributed by atoms with Gasteiger partial charge in [-0.3, -0.25) is 0 Å². The van der Waals surface area contributed by atoms with E-state index in [0.29, 0.717) is 26.1 Å². The molecule has 0 rings (SSSR count). The van der Waals surface area contributed by atoms with Crippen molar-refractivity contribution >= 4 is 11.9 Å². The van der Waals surface area contributed by atoms with Gasteiger partial charge < -0.3 is 9.47 Å². The van der Waals surface area contributed by atoms with Crippen LogP contribution in [0.5, 0.6) is 0 Å². The molecule has 0 aliphatic heterocycles. The molecule has 0 N–H and O–H groups in total. The zero-order chi connectivity index (χ0) is 17.6. The van der Waals surface area contributed by atoms with Gasteiger partial charge >= 0.3 is 11.9 Å². The standard InChI is InChI=1S/C18H32O4/c1-9-11-21-15(19)13(16(20)22-12-10-2)14(17(3,4)5)18(6,7)8/h9-12H2,1-8H3. The van der Waals surface area contributed by atoms with Crippen LogP contribution in [0.1, 0.15) is 68.2 Å². The lowest BCUT2D eigenvalue weighted by molar-refractivity contribution is -0.147. The highest BCUT2D eigenvalue weighted by molar-refractivity contribution is 6.15. The minimum absolute atomic E-state index is 0.0573. The van der Waals surface area contributed by atoms with E-state index in [1.807, 2.05) is 55.4 Å². The third kappa shape index (κ3) is 6.20. The fourth-order valence-electron chi connectivity index (χ4n) is 2.70. The summed E-state index contributed by atoms with van der Waals surface area (Å²) in [6.45, 7) is 16.4. The molecule has 0 saturated carbocycles. The number of carbonyl (C=O) groups excluding carboxylic acids is 2. The van der Waals surface area contributed by atoms with Gasteiger partial charge in [0, 0.05) is 0 Å². The predicted molar refractivity (Wildman–Crippen MR) is 88.4 cm³/mol. The molecule has 0 aromatic carbocycles. The Labute approximate surface area is 135 Å². The van der Waals surface area contributed by atoms with E-state index in [1.54, 1.807) is 0 Å². The molecular formula is C18H32O4. The summed E-state index contributed by atoms with van der Waals surface area (Å²) in [7, 11) is 0. The molecule has 0 spiro atoms. The first-order valence-electron chi connectivity index (χ1n) is 8.06. The lowest BCUT2D eigenvalue weighted by Gasteiger charge is -2.35. The zero-order valence-corrected chi connectivity index (χ0v) is 15.5. The van der Waals surface area contributed by atoms with E-state index in [-0.39, 0.29) is 16.4 Å². The molecule has 0 aromatic heterocycles. The van der Waals surface area contributed by atoms with Gasteiger partial charge in [0.1, 0.15) is 5.57 Å². The minimum atomic E-state index is -0.581. The first kappa shape index (κ1) is 20.7. The maximum Gasteiger partial charge on any atom is 0.345 e. The van der Waals surface area contributed by atoms with Crippen molar-refractivity contribution in [3.8, 4) is 0 Å². The second-order valence-electron chi connectivity index (χ2n) is 7.52. The molecule has 0 aliphatic carbocycles. The summed E-state index contributed by atoms with van der Waals surface area (Å²) in [6.07, 6.45) is 1.42. The number of carbonyl (C=O) groups is 2. The van der Waals surface area contributed by atoms with E-state index in [1.165, 1.54) is 0 Å². The van der Waals surface area contributed by atoms with Crippen molar-refractivity contribution in [1.82, 2.24) is 0 Å². The van der Waals surface area contributed by atoms with Crippen LogP contribution in [0.2, 0.25) is 0 Å². The first-order valence-corrected chi connectivity index (χ1v) is 8.06. The molecule has 0 atom stereocenters. The fraction of sp³-hybridized carbons (Fsp3) is 0.778. The Bertz CT molecular complexity index is 381. The first-order chi connectivity index (χ1) is 9.96. The van der Waals surface area contributed by atoms with Gasteiger partial charge in [0.05, 0.1) is 13.2 Å². The minimum Gasteiger partial charge on any atom is -0.462 e. The fourth-order valence-corrected chi connectivity index (χ4v) is 2.70. The van der Waals surface area contributed by atoms with Gasteiger partial charge in [0.2, 0.25) is 0 Å². The van der Waals surface area contributed by atoms with Crippen LogP contribution in [0, 0.1) is 10.8 Å². The largest absolute Gasteiger partial charge is 0.462 e. The topological polar surface area (TPSA) is 52.6 Å². The predicted octanol–water partition coefficient (Wildman–Crippen LogP) is 4.28. The van der Waals surface area contributed by atoms with Crippen LogP contribution in [0.4, 0.5) is 0 Å². The second kappa shape index (κ2) is 8.35. The van der Waals surface area contributed by atoms with E-state index in [9.17, 15) is 9.59 Å². The molecular weight excluding hydrogens is 280 g/mol. The molecule has 4 heteroatoms. The van der Waals surface area contributed by atoms with Crippen LogP contribution < -0.4 is 0 Å². The normalized spacial score (nSPS) is 11.8. The quantitative estimate of drug-likeness (QED) is 0.318. The van der Waals surface area contributed by atoms with Gasteiger partial charge in [0.25, 0.3) is 0 Å².